The Kier molecular flexibility index (Phi) is 3.47. The highest BCUT2D eigenvalue weighted by molar-refractivity contribution is 7.22. The van der Waals surface area contributed by atoms with E-state index in [9.17, 15) is 0 Å². The maximum atomic E-state index is 4.77. The normalized spacial score (nSPS) is 15.5. The van der Waals surface area contributed by atoms with Crippen molar-refractivity contribution >= 4 is 32.4 Å². The van der Waals surface area contributed by atoms with Crippen molar-refractivity contribution in [1.82, 2.24) is 4.98 Å². The standard InChI is InChI=1S/C18H19N3S/c1-14-5-4-6-15(13-14)20-9-11-21(12-10-20)18-19-16-7-2-3-8-17(16)22-18/h2-8,13H,9-12H2,1H3. The van der Waals surface area contributed by atoms with Crippen LogP contribution in [-0.2, 0) is 0 Å². The second-order valence-electron chi connectivity index (χ2n) is 5.78. The molecule has 0 unspecified atom stereocenters. The fourth-order valence-electron chi connectivity index (χ4n) is 2.98. The monoisotopic (exact) mass is 309 g/mol. The molecule has 2 aromatic carbocycles. The van der Waals surface area contributed by atoms with Crippen LogP contribution in [0.25, 0.3) is 10.2 Å². The summed E-state index contributed by atoms with van der Waals surface area (Å²) in [7, 11) is 0. The van der Waals surface area contributed by atoms with Gasteiger partial charge in [-0.3, -0.25) is 0 Å². The van der Waals surface area contributed by atoms with E-state index in [2.05, 4.69) is 65.3 Å². The molecule has 1 aromatic heterocycles. The van der Waals surface area contributed by atoms with E-state index in [1.165, 1.54) is 16.0 Å². The summed E-state index contributed by atoms with van der Waals surface area (Å²) in [5.74, 6) is 0. The van der Waals surface area contributed by atoms with Crippen molar-refractivity contribution < 1.29 is 0 Å². The molecule has 1 aliphatic heterocycles. The molecule has 0 amide bonds. The van der Waals surface area contributed by atoms with E-state index in [0.29, 0.717) is 0 Å². The number of anilines is 2. The molecule has 0 saturated carbocycles. The maximum absolute atomic E-state index is 4.77. The van der Waals surface area contributed by atoms with Gasteiger partial charge in [0.2, 0.25) is 0 Å². The van der Waals surface area contributed by atoms with Crippen LogP contribution in [0.15, 0.2) is 48.5 Å². The van der Waals surface area contributed by atoms with E-state index in [1.54, 1.807) is 11.3 Å². The van der Waals surface area contributed by atoms with E-state index in [1.807, 2.05) is 0 Å². The molecule has 0 spiro atoms. The number of rotatable bonds is 2. The van der Waals surface area contributed by atoms with Crippen molar-refractivity contribution in [1.29, 1.82) is 0 Å². The molecule has 4 rings (SSSR count). The number of aryl methyl sites for hydroxylation is 1. The molecule has 2 heterocycles. The van der Waals surface area contributed by atoms with Crippen LogP contribution in [0.5, 0.6) is 0 Å². The zero-order chi connectivity index (χ0) is 14.9. The van der Waals surface area contributed by atoms with Crippen LogP contribution in [0.4, 0.5) is 10.8 Å². The largest absolute Gasteiger partial charge is 0.368 e. The first-order valence-corrected chi connectivity index (χ1v) is 8.53. The SMILES string of the molecule is Cc1cccc(N2CCN(c3nc4ccccc4s3)CC2)c1. The number of fused-ring (bicyclic) bond motifs is 1. The zero-order valence-electron chi connectivity index (χ0n) is 12.7. The van der Waals surface area contributed by atoms with Crippen LogP contribution >= 0.6 is 11.3 Å². The molecule has 4 heteroatoms. The van der Waals surface area contributed by atoms with Gasteiger partial charge in [0.15, 0.2) is 5.13 Å². The van der Waals surface area contributed by atoms with Crippen LogP contribution in [0.2, 0.25) is 0 Å². The molecule has 0 bridgehead atoms. The van der Waals surface area contributed by atoms with E-state index < -0.39 is 0 Å². The van der Waals surface area contributed by atoms with Crippen LogP contribution in [0.3, 0.4) is 0 Å². The minimum absolute atomic E-state index is 1.04. The molecule has 0 aliphatic carbocycles. The second kappa shape index (κ2) is 5.61. The first-order valence-electron chi connectivity index (χ1n) is 7.72. The molecule has 3 nitrogen and oxygen atoms in total. The Balaban J connectivity index is 1.49. The summed E-state index contributed by atoms with van der Waals surface area (Å²) in [5.41, 5.74) is 3.78. The quantitative estimate of drug-likeness (QED) is 0.715. The van der Waals surface area contributed by atoms with Gasteiger partial charge in [0.05, 0.1) is 10.2 Å². The van der Waals surface area contributed by atoms with E-state index in [4.69, 9.17) is 4.98 Å². The number of hydrogen-bond donors (Lipinski definition) is 0. The van der Waals surface area contributed by atoms with Crippen LogP contribution in [0, 0.1) is 6.92 Å². The number of hydrogen-bond acceptors (Lipinski definition) is 4. The first-order chi connectivity index (χ1) is 10.8. The summed E-state index contributed by atoms with van der Waals surface area (Å²) in [6.07, 6.45) is 0. The highest BCUT2D eigenvalue weighted by Crippen LogP contribution is 2.29. The van der Waals surface area contributed by atoms with E-state index in [0.717, 1.165) is 36.8 Å². The molecule has 0 radical (unpaired) electrons. The lowest BCUT2D eigenvalue weighted by Gasteiger charge is -2.36. The smallest absolute Gasteiger partial charge is 0.186 e. The van der Waals surface area contributed by atoms with Crippen molar-refractivity contribution in [2.24, 2.45) is 0 Å². The summed E-state index contributed by atoms with van der Waals surface area (Å²) in [4.78, 5) is 9.66. The lowest BCUT2D eigenvalue weighted by atomic mass is 10.2. The Labute approximate surface area is 134 Å². The van der Waals surface area contributed by atoms with Crippen LogP contribution < -0.4 is 9.80 Å². The molecule has 1 aliphatic rings. The molecule has 1 saturated heterocycles. The topological polar surface area (TPSA) is 19.4 Å². The molecule has 112 valence electrons. The zero-order valence-corrected chi connectivity index (χ0v) is 13.5. The van der Waals surface area contributed by atoms with Crippen molar-refractivity contribution in [2.45, 2.75) is 6.92 Å². The first kappa shape index (κ1) is 13.6. The molecular weight excluding hydrogens is 290 g/mol. The van der Waals surface area contributed by atoms with Gasteiger partial charge < -0.3 is 9.80 Å². The van der Waals surface area contributed by atoms with Gasteiger partial charge in [-0.15, -0.1) is 0 Å². The highest BCUT2D eigenvalue weighted by atomic mass is 32.1. The second-order valence-corrected chi connectivity index (χ2v) is 6.79. The molecule has 22 heavy (non-hydrogen) atoms. The fourth-order valence-corrected chi connectivity index (χ4v) is 3.99. The lowest BCUT2D eigenvalue weighted by molar-refractivity contribution is 0.652. The summed E-state index contributed by atoms with van der Waals surface area (Å²) >= 11 is 1.80. The van der Waals surface area contributed by atoms with Gasteiger partial charge in [-0.2, -0.15) is 0 Å². The van der Waals surface area contributed by atoms with Gasteiger partial charge in [-0.25, -0.2) is 4.98 Å². The average Bonchev–Trinajstić information content (AvgIpc) is 2.99. The molecule has 0 N–H and O–H groups in total. The Hall–Kier alpha value is -2.07. The van der Waals surface area contributed by atoms with Crippen molar-refractivity contribution in [3.8, 4) is 0 Å². The summed E-state index contributed by atoms with van der Waals surface area (Å²) in [5, 5.41) is 1.16. The van der Waals surface area contributed by atoms with E-state index in [-0.39, 0.29) is 0 Å². The Bertz CT molecular complexity index is 755. The molecule has 1 fully saturated rings. The average molecular weight is 309 g/mol. The molecule has 3 aromatic rings. The Morgan fingerprint density at radius 1 is 0.909 bits per heavy atom. The molecular formula is C18H19N3S. The number of nitrogens with zero attached hydrogens (tertiary/aromatic N) is 3. The number of piperazine rings is 1. The number of benzene rings is 2. The van der Waals surface area contributed by atoms with Crippen LogP contribution in [-0.4, -0.2) is 31.2 Å². The maximum Gasteiger partial charge on any atom is 0.186 e. The summed E-state index contributed by atoms with van der Waals surface area (Å²) in [6.45, 7) is 6.33. The minimum atomic E-state index is 1.04. The number of thiazole rings is 1. The highest BCUT2D eigenvalue weighted by Gasteiger charge is 2.20. The Morgan fingerprint density at radius 3 is 2.45 bits per heavy atom. The van der Waals surface area contributed by atoms with Gasteiger partial charge in [-0.05, 0) is 36.8 Å². The van der Waals surface area contributed by atoms with Crippen molar-refractivity contribution in [3.05, 3.63) is 54.1 Å². The molecule has 0 atom stereocenters. The van der Waals surface area contributed by atoms with Gasteiger partial charge in [0, 0.05) is 31.9 Å². The number of aromatic nitrogens is 1. The number of para-hydroxylation sites is 1. The Morgan fingerprint density at radius 2 is 1.68 bits per heavy atom. The van der Waals surface area contributed by atoms with Gasteiger partial charge >= 0.3 is 0 Å². The third kappa shape index (κ3) is 2.55. The fraction of sp³-hybridized carbons (Fsp3) is 0.278. The van der Waals surface area contributed by atoms with Crippen molar-refractivity contribution in [3.63, 3.8) is 0 Å². The van der Waals surface area contributed by atoms with Crippen molar-refractivity contribution in [2.75, 3.05) is 36.0 Å². The van der Waals surface area contributed by atoms with Gasteiger partial charge in [-0.1, -0.05) is 35.6 Å². The predicted octanol–water partition coefficient (Wildman–Crippen LogP) is 3.93. The summed E-state index contributed by atoms with van der Waals surface area (Å²) in [6, 6.07) is 17.2. The van der Waals surface area contributed by atoms with Crippen LogP contribution in [0.1, 0.15) is 5.56 Å². The van der Waals surface area contributed by atoms with Gasteiger partial charge in [0.25, 0.3) is 0 Å². The lowest BCUT2D eigenvalue weighted by Crippen LogP contribution is -2.46. The van der Waals surface area contributed by atoms with Gasteiger partial charge in [0.1, 0.15) is 0 Å². The van der Waals surface area contributed by atoms with E-state index >= 15 is 0 Å². The third-order valence-corrected chi connectivity index (χ3v) is 5.30. The predicted molar refractivity (Wildman–Crippen MR) is 95.2 cm³/mol. The minimum Gasteiger partial charge on any atom is -0.368 e. The summed E-state index contributed by atoms with van der Waals surface area (Å²) < 4.78 is 1.28. The third-order valence-electron chi connectivity index (χ3n) is 4.20.